The van der Waals surface area contributed by atoms with E-state index in [-0.39, 0.29) is 0 Å². The van der Waals surface area contributed by atoms with Gasteiger partial charge in [0.1, 0.15) is 0 Å². The van der Waals surface area contributed by atoms with Crippen molar-refractivity contribution in [3.8, 4) is 11.8 Å². The van der Waals surface area contributed by atoms with Crippen molar-refractivity contribution < 1.29 is 0 Å². The van der Waals surface area contributed by atoms with Gasteiger partial charge in [-0.3, -0.25) is 4.90 Å². The summed E-state index contributed by atoms with van der Waals surface area (Å²) in [7, 11) is 0. The van der Waals surface area contributed by atoms with Crippen molar-refractivity contribution in [3.63, 3.8) is 0 Å². The van der Waals surface area contributed by atoms with E-state index < -0.39 is 0 Å². The second-order valence-corrected chi connectivity index (χ2v) is 6.36. The lowest BCUT2D eigenvalue weighted by molar-refractivity contribution is 0.290. The van der Waals surface area contributed by atoms with Crippen LogP contribution in [0, 0.1) is 11.8 Å². The molecule has 0 aliphatic rings. The highest BCUT2D eigenvalue weighted by Gasteiger charge is 2.06. The van der Waals surface area contributed by atoms with Crippen LogP contribution in [0.4, 0.5) is 0 Å². The van der Waals surface area contributed by atoms with E-state index in [1.54, 1.807) is 0 Å². The van der Waals surface area contributed by atoms with Crippen LogP contribution in [0.3, 0.4) is 0 Å². The predicted octanol–water partition coefficient (Wildman–Crippen LogP) is 5.39. The summed E-state index contributed by atoms with van der Waals surface area (Å²) in [6, 6.07) is 28.6. The van der Waals surface area contributed by atoms with Gasteiger partial charge in [0.2, 0.25) is 0 Å². The van der Waals surface area contributed by atoms with Crippen LogP contribution < -0.4 is 0 Å². The molecule has 0 aliphatic carbocycles. The van der Waals surface area contributed by atoms with E-state index in [4.69, 9.17) is 11.6 Å². The summed E-state index contributed by atoms with van der Waals surface area (Å²) in [5, 5.41) is 0.766. The van der Waals surface area contributed by atoms with Crippen LogP contribution in [0.1, 0.15) is 16.7 Å². The number of hydrogen-bond acceptors (Lipinski definition) is 1. The molecular weight excluding hydrogens is 326 g/mol. The molecule has 0 fully saturated rings. The summed E-state index contributed by atoms with van der Waals surface area (Å²) in [6.07, 6.45) is 0. The first kappa shape index (κ1) is 17.3. The van der Waals surface area contributed by atoms with Gasteiger partial charge in [-0.1, -0.05) is 84.1 Å². The Balaban J connectivity index is 1.71. The minimum absolute atomic E-state index is 0.715. The lowest BCUT2D eigenvalue weighted by Gasteiger charge is -2.20. The number of benzene rings is 3. The Hall–Kier alpha value is -2.53. The maximum absolute atomic E-state index is 5.99. The summed E-state index contributed by atoms with van der Waals surface area (Å²) < 4.78 is 0. The molecule has 2 heteroatoms. The first-order valence-corrected chi connectivity index (χ1v) is 8.72. The van der Waals surface area contributed by atoms with Gasteiger partial charge in [0.15, 0.2) is 0 Å². The van der Waals surface area contributed by atoms with Crippen molar-refractivity contribution in [2.45, 2.75) is 13.1 Å². The molecule has 0 aromatic heterocycles. The molecule has 3 aromatic rings. The van der Waals surface area contributed by atoms with Gasteiger partial charge in [-0.15, -0.1) is 0 Å². The predicted molar refractivity (Wildman–Crippen MR) is 105 cm³/mol. The zero-order valence-electron chi connectivity index (χ0n) is 14.0. The second-order valence-electron chi connectivity index (χ2n) is 5.93. The van der Waals surface area contributed by atoms with Gasteiger partial charge in [-0.2, -0.15) is 0 Å². The quantitative estimate of drug-likeness (QED) is 0.560. The Morgan fingerprint density at radius 3 is 1.88 bits per heavy atom. The van der Waals surface area contributed by atoms with E-state index in [0.29, 0.717) is 6.54 Å². The standard InChI is InChI=1S/C23H20ClN/c24-23-15-13-22(14-16-23)19-25(18-21-10-5-2-6-11-21)17-7-12-20-8-3-1-4-9-20/h1-6,8-11,13-16H,17-19H2. The molecule has 0 bridgehead atoms. The molecule has 3 aromatic carbocycles. The zero-order chi connectivity index (χ0) is 17.3. The van der Waals surface area contributed by atoms with Crippen LogP contribution in [-0.4, -0.2) is 11.4 Å². The topological polar surface area (TPSA) is 3.24 Å². The highest BCUT2D eigenvalue weighted by Crippen LogP contribution is 2.13. The molecule has 0 aliphatic heterocycles. The van der Waals surface area contributed by atoms with E-state index >= 15 is 0 Å². The average molecular weight is 346 g/mol. The molecule has 124 valence electrons. The Bertz CT molecular complexity index is 830. The zero-order valence-corrected chi connectivity index (χ0v) is 14.8. The van der Waals surface area contributed by atoms with Crippen LogP contribution in [-0.2, 0) is 13.1 Å². The Kier molecular flexibility index (Phi) is 6.29. The molecule has 0 spiro atoms. The average Bonchev–Trinajstić information content (AvgIpc) is 2.65. The van der Waals surface area contributed by atoms with Crippen molar-refractivity contribution in [1.82, 2.24) is 4.90 Å². The van der Waals surface area contributed by atoms with E-state index in [1.807, 2.05) is 48.5 Å². The maximum Gasteiger partial charge on any atom is 0.0611 e. The first-order chi connectivity index (χ1) is 12.3. The Labute approximate surface area is 154 Å². The lowest BCUT2D eigenvalue weighted by Crippen LogP contribution is -2.23. The summed E-state index contributed by atoms with van der Waals surface area (Å²) >= 11 is 5.99. The third-order valence-electron chi connectivity index (χ3n) is 3.88. The highest BCUT2D eigenvalue weighted by molar-refractivity contribution is 6.30. The summed E-state index contributed by atoms with van der Waals surface area (Å²) in [5.41, 5.74) is 3.58. The molecule has 0 amide bonds. The highest BCUT2D eigenvalue weighted by atomic mass is 35.5. The van der Waals surface area contributed by atoms with Crippen LogP contribution in [0.15, 0.2) is 84.9 Å². The molecular formula is C23H20ClN. The molecule has 0 N–H and O–H groups in total. The monoisotopic (exact) mass is 345 g/mol. The van der Waals surface area contributed by atoms with Crippen LogP contribution in [0.5, 0.6) is 0 Å². The second kappa shape index (κ2) is 9.08. The summed E-state index contributed by atoms with van der Waals surface area (Å²) in [5.74, 6) is 6.55. The Morgan fingerprint density at radius 1 is 0.680 bits per heavy atom. The molecule has 0 atom stereocenters. The van der Waals surface area contributed by atoms with Gasteiger partial charge < -0.3 is 0 Å². The molecule has 0 heterocycles. The molecule has 0 unspecified atom stereocenters. The van der Waals surface area contributed by atoms with E-state index in [1.165, 1.54) is 11.1 Å². The third-order valence-corrected chi connectivity index (χ3v) is 4.13. The van der Waals surface area contributed by atoms with Crippen molar-refractivity contribution in [2.24, 2.45) is 0 Å². The van der Waals surface area contributed by atoms with Gasteiger partial charge in [-0.05, 0) is 35.4 Å². The molecule has 25 heavy (non-hydrogen) atoms. The van der Waals surface area contributed by atoms with E-state index in [9.17, 15) is 0 Å². The molecule has 0 saturated carbocycles. The number of hydrogen-bond donors (Lipinski definition) is 0. The van der Waals surface area contributed by atoms with Gasteiger partial charge in [0.25, 0.3) is 0 Å². The SMILES string of the molecule is Clc1ccc(CN(CC#Cc2ccccc2)Cc2ccccc2)cc1. The van der Waals surface area contributed by atoms with Crippen LogP contribution in [0.25, 0.3) is 0 Å². The number of nitrogens with zero attached hydrogens (tertiary/aromatic N) is 1. The van der Waals surface area contributed by atoms with Crippen LogP contribution in [0.2, 0.25) is 5.02 Å². The Morgan fingerprint density at radius 2 is 1.24 bits per heavy atom. The smallest absolute Gasteiger partial charge is 0.0611 e. The van der Waals surface area contributed by atoms with E-state index in [2.05, 4.69) is 53.1 Å². The van der Waals surface area contributed by atoms with Crippen molar-refractivity contribution in [2.75, 3.05) is 6.54 Å². The number of halogens is 1. The summed E-state index contributed by atoms with van der Waals surface area (Å²) in [6.45, 7) is 2.43. The molecule has 3 rings (SSSR count). The lowest BCUT2D eigenvalue weighted by atomic mass is 10.1. The van der Waals surface area contributed by atoms with Gasteiger partial charge >= 0.3 is 0 Å². The van der Waals surface area contributed by atoms with Crippen molar-refractivity contribution in [1.29, 1.82) is 0 Å². The van der Waals surface area contributed by atoms with E-state index in [0.717, 1.165) is 23.7 Å². The fourth-order valence-electron chi connectivity index (χ4n) is 2.63. The molecule has 0 radical (unpaired) electrons. The maximum atomic E-state index is 5.99. The minimum atomic E-state index is 0.715. The third kappa shape index (κ3) is 5.80. The largest absolute Gasteiger partial charge is 0.284 e. The minimum Gasteiger partial charge on any atom is -0.284 e. The molecule has 0 saturated heterocycles. The van der Waals surface area contributed by atoms with Gasteiger partial charge in [0, 0.05) is 23.7 Å². The van der Waals surface area contributed by atoms with Gasteiger partial charge in [0.05, 0.1) is 6.54 Å². The van der Waals surface area contributed by atoms with Crippen LogP contribution >= 0.6 is 11.6 Å². The van der Waals surface area contributed by atoms with Crippen molar-refractivity contribution >= 4 is 11.6 Å². The summed E-state index contributed by atoms with van der Waals surface area (Å²) in [4.78, 5) is 2.34. The molecule has 1 nitrogen and oxygen atoms in total. The van der Waals surface area contributed by atoms with Crippen molar-refractivity contribution in [3.05, 3.63) is 107 Å². The normalized spacial score (nSPS) is 10.3. The fourth-order valence-corrected chi connectivity index (χ4v) is 2.76. The number of rotatable bonds is 5. The fraction of sp³-hybridized carbons (Fsp3) is 0.130. The first-order valence-electron chi connectivity index (χ1n) is 8.34. The van der Waals surface area contributed by atoms with Gasteiger partial charge in [-0.25, -0.2) is 0 Å².